The molecular formula is C31H34F2N2O2S. The summed E-state index contributed by atoms with van der Waals surface area (Å²) in [5, 5.41) is 17.7. The molecule has 0 heterocycles. The van der Waals surface area contributed by atoms with Crippen LogP contribution >= 0.6 is 11.8 Å². The van der Waals surface area contributed by atoms with Crippen molar-refractivity contribution in [3.63, 3.8) is 0 Å². The van der Waals surface area contributed by atoms with Crippen LogP contribution in [0.1, 0.15) is 46.8 Å². The Morgan fingerprint density at radius 1 is 1.08 bits per heavy atom. The van der Waals surface area contributed by atoms with Crippen LogP contribution in [0.4, 0.5) is 8.78 Å². The maximum Gasteiger partial charge on any atom is 0.251 e. The van der Waals surface area contributed by atoms with Crippen LogP contribution in [0.25, 0.3) is 0 Å². The standard InChI is InChI=1S/C31H34F2N2O2S/c1-3-13-38-27-10-6-8-23(18-27)30(37)35-28(17-22-15-25(32)19-26(33)16-22)29(36)20-34-31(11-12-31)24-9-5-7-21(4-2)14-24/h3,5-10,14-16,18-19,28-29,34,36H,1,4,11-13,17,20H2,2H3,(H,35,37)/t28-,29+/m0/s1. The number of nitrogens with one attached hydrogen (secondary N) is 2. The predicted octanol–water partition coefficient (Wildman–Crippen LogP) is 5.79. The quantitative estimate of drug-likeness (QED) is 0.191. The molecule has 1 aliphatic carbocycles. The van der Waals surface area contributed by atoms with Gasteiger partial charge in [0.05, 0.1) is 12.1 Å². The number of hydrogen-bond acceptors (Lipinski definition) is 4. The number of rotatable bonds is 13. The monoisotopic (exact) mass is 536 g/mol. The third-order valence-corrected chi connectivity index (χ3v) is 7.90. The number of thioether (sulfide) groups is 1. The first-order valence-electron chi connectivity index (χ1n) is 12.9. The number of aliphatic hydroxyl groups is 1. The van der Waals surface area contributed by atoms with Gasteiger partial charge in [-0.3, -0.25) is 4.79 Å². The summed E-state index contributed by atoms with van der Waals surface area (Å²) in [6.45, 7) is 6.06. The average Bonchev–Trinajstić information content (AvgIpc) is 3.71. The summed E-state index contributed by atoms with van der Waals surface area (Å²) in [5.41, 5.74) is 3.04. The van der Waals surface area contributed by atoms with Gasteiger partial charge in [0.1, 0.15) is 11.6 Å². The maximum absolute atomic E-state index is 13.9. The van der Waals surface area contributed by atoms with E-state index in [0.717, 1.165) is 30.2 Å². The van der Waals surface area contributed by atoms with E-state index >= 15 is 0 Å². The van der Waals surface area contributed by atoms with Crippen molar-refractivity contribution < 1.29 is 18.7 Å². The smallest absolute Gasteiger partial charge is 0.251 e. The number of hydrogen-bond donors (Lipinski definition) is 3. The van der Waals surface area contributed by atoms with Crippen molar-refractivity contribution in [3.05, 3.63) is 113 Å². The molecule has 0 aromatic heterocycles. The minimum atomic E-state index is -0.990. The number of halogens is 2. The van der Waals surface area contributed by atoms with Gasteiger partial charge in [-0.25, -0.2) is 8.78 Å². The lowest BCUT2D eigenvalue weighted by Gasteiger charge is -2.27. The van der Waals surface area contributed by atoms with E-state index in [1.165, 1.54) is 23.3 Å². The number of amides is 1. The van der Waals surface area contributed by atoms with Gasteiger partial charge in [0.25, 0.3) is 5.91 Å². The van der Waals surface area contributed by atoms with Crippen molar-refractivity contribution in [2.45, 2.75) is 55.2 Å². The van der Waals surface area contributed by atoms with E-state index in [1.807, 2.05) is 6.07 Å². The zero-order valence-corrected chi connectivity index (χ0v) is 22.4. The Morgan fingerprint density at radius 3 is 2.50 bits per heavy atom. The molecule has 0 unspecified atom stereocenters. The summed E-state index contributed by atoms with van der Waals surface area (Å²) < 4.78 is 27.8. The summed E-state index contributed by atoms with van der Waals surface area (Å²) in [4.78, 5) is 14.1. The second-order valence-corrected chi connectivity index (χ2v) is 10.9. The maximum atomic E-state index is 13.9. The van der Waals surface area contributed by atoms with E-state index < -0.39 is 23.8 Å². The van der Waals surface area contributed by atoms with E-state index in [4.69, 9.17) is 0 Å². The van der Waals surface area contributed by atoms with Gasteiger partial charge in [-0.15, -0.1) is 18.3 Å². The van der Waals surface area contributed by atoms with Gasteiger partial charge in [-0.2, -0.15) is 0 Å². The molecule has 0 aliphatic heterocycles. The van der Waals surface area contributed by atoms with Crippen LogP contribution in [-0.4, -0.2) is 35.5 Å². The van der Waals surface area contributed by atoms with Gasteiger partial charge in [-0.05, 0) is 72.7 Å². The number of carbonyl (C=O) groups is 1. The van der Waals surface area contributed by atoms with Crippen LogP contribution in [-0.2, 0) is 18.4 Å². The molecule has 1 saturated carbocycles. The van der Waals surface area contributed by atoms with E-state index in [0.29, 0.717) is 16.9 Å². The molecule has 1 amide bonds. The lowest BCUT2D eigenvalue weighted by molar-refractivity contribution is 0.0822. The number of aryl methyl sites for hydroxylation is 1. The SMILES string of the molecule is C=CCSc1cccc(C(=O)N[C@@H](Cc2cc(F)cc(F)c2)[C@H](O)CNC2(c3cccc(CC)c3)CC2)c1. The first-order chi connectivity index (χ1) is 18.3. The van der Waals surface area contributed by atoms with Crippen molar-refractivity contribution >= 4 is 17.7 Å². The fraction of sp³-hybridized carbons (Fsp3) is 0.323. The van der Waals surface area contributed by atoms with Gasteiger partial charge >= 0.3 is 0 Å². The highest BCUT2D eigenvalue weighted by molar-refractivity contribution is 7.99. The molecular weight excluding hydrogens is 502 g/mol. The molecule has 1 fully saturated rings. The van der Waals surface area contributed by atoms with Crippen molar-refractivity contribution in [2.24, 2.45) is 0 Å². The molecule has 3 aromatic rings. The summed E-state index contributed by atoms with van der Waals surface area (Å²) in [5.74, 6) is -1.04. The summed E-state index contributed by atoms with van der Waals surface area (Å²) in [6.07, 6.45) is 3.73. The fourth-order valence-electron chi connectivity index (χ4n) is 4.62. The highest BCUT2D eigenvalue weighted by Gasteiger charge is 2.44. The second kappa shape index (κ2) is 12.7. The minimum Gasteiger partial charge on any atom is -0.390 e. The van der Waals surface area contributed by atoms with Crippen LogP contribution in [0.5, 0.6) is 0 Å². The van der Waals surface area contributed by atoms with Crippen molar-refractivity contribution in [1.82, 2.24) is 10.6 Å². The van der Waals surface area contributed by atoms with Crippen LogP contribution in [0.3, 0.4) is 0 Å². The Balaban J connectivity index is 1.50. The van der Waals surface area contributed by atoms with E-state index in [2.05, 4.69) is 48.4 Å². The lowest BCUT2D eigenvalue weighted by atomic mass is 9.98. The molecule has 1 aliphatic rings. The molecule has 200 valence electrons. The first-order valence-corrected chi connectivity index (χ1v) is 13.9. The van der Waals surface area contributed by atoms with Gasteiger partial charge in [0.15, 0.2) is 0 Å². The third kappa shape index (κ3) is 7.31. The summed E-state index contributed by atoms with van der Waals surface area (Å²) in [6, 6.07) is 18.1. The van der Waals surface area contributed by atoms with Gasteiger partial charge < -0.3 is 15.7 Å². The molecule has 0 saturated heterocycles. The van der Waals surface area contributed by atoms with Crippen molar-refractivity contribution in [1.29, 1.82) is 0 Å². The van der Waals surface area contributed by atoms with Crippen molar-refractivity contribution in [2.75, 3.05) is 12.3 Å². The molecule has 4 nitrogen and oxygen atoms in total. The van der Waals surface area contributed by atoms with E-state index in [9.17, 15) is 18.7 Å². The van der Waals surface area contributed by atoms with Crippen LogP contribution < -0.4 is 10.6 Å². The molecule has 7 heteroatoms. The molecule has 3 aromatic carbocycles. The average molecular weight is 537 g/mol. The zero-order valence-electron chi connectivity index (χ0n) is 21.6. The predicted molar refractivity (Wildman–Crippen MR) is 149 cm³/mol. The highest BCUT2D eigenvalue weighted by Crippen LogP contribution is 2.45. The number of carbonyl (C=O) groups excluding carboxylic acids is 1. The summed E-state index contributed by atoms with van der Waals surface area (Å²) in [7, 11) is 0. The Bertz CT molecular complexity index is 1260. The first kappa shape index (κ1) is 28.0. The second-order valence-electron chi connectivity index (χ2n) is 9.77. The third-order valence-electron chi connectivity index (χ3n) is 6.91. The lowest BCUT2D eigenvalue weighted by Crippen LogP contribution is -2.50. The van der Waals surface area contributed by atoms with Gasteiger partial charge in [0.2, 0.25) is 0 Å². The Kier molecular flexibility index (Phi) is 9.36. The zero-order chi connectivity index (χ0) is 27.1. The molecule has 0 spiro atoms. The van der Waals surface area contributed by atoms with Crippen molar-refractivity contribution in [3.8, 4) is 0 Å². The molecule has 2 atom stereocenters. The van der Waals surface area contributed by atoms with E-state index in [1.54, 1.807) is 36.0 Å². The van der Waals surface area contributed by atoms with Crippen LogP contribution in [0.15, 0.2) is 84.3 Å². The van der Waals surface area contributed by atoms with Crippen LogP contribution in [0, 0.1) is 11.6 Å². The minimum absolute atomic E-state index is 0.0759. The summed E-state index contributed by atoms with van der Waals surface area (Å²) >= 11 is 1.56. The Morgan fingerprint density at radius 2 is 1.82 bits per heavy atom. The Hall–Kier alpha value is -3.00. The molecule has 0 radical (unpaired) electrons. The number of aliphatic hydroxyl groups excluding tert-OH is 1. The molecule has 38 heavy (non-hydrogen) atoms. The number of benzene rings is 3. The van der Waals surface area contributed by atoms with Gasteiger partial charge in [-0.1, -0.05) is 43.3 Å². The topological polar surface area (TPSA) is 61.4 Å². The normalized spacial score (nSPS) is 15.5. The van der Waals surface area contributed by atoms with Crippen LogP contribution in [0.2, 0.25) is 0 Å². The van der Waals surface area contributed by atoms with Gasteiger partial charge in [0, 0.05) is 34.4 Å². The fourth-order valence-corrected chi connectivity index (χ4v) is 5.32. The largest absolute Gasteiger partial charge is 0.390 e. The highest BCUT2D eigenvalue weighted by atomic mass is 32.2. The molecule has 3 N–H and O–H groups in total. The Labute approximate surface area is 227 Å². The van der Waals surface area contributed by atoms with E-state index in [-0.39, 0.29) is 24.4 Å². The molecule has 4 rings (SSSR count). The molecule has 0 bridgehead atoms.